The molecule has 0 aliphatic carbocycles. The van der Waals surface area contributed by atoms with E-state index >= 15 is 0 Å². The predicted octanol–water partition coefficient (Wildman–Crippen LogP) is 4.83. The molecule has 3 aromatic rings. The van der Waals surface area contributed by atoms with Gasteiger partial charge in [-0.2, -0.15) is 4.98 Å². The molecule has 29 heavy (non-hydrogen) atoms. The Labute approximate surface area is 169 Å². The lowest BCUT2D eigenvalue weighted by Gasteiger charge is -2.30. The number of benzene rings is 2. The zero-order valence-electron chi connectivity index (χ0n) is 15.0. The van der Waals surface area contributed by atoms with Crippen LogP contribution in [0.2, 0.25) is 5.02 Å². The lowest BCUT2D eigenvalue weighted by atomic mass is 9.96. The summed E-state index contributed by atoms with van der Waals surface area (Å²) in [4.78, 5) is 18.4. The maximum absolute atomic E-state index is 14.0. The van der Waals surface area contributed by atoms with Gasteiger partial charge < -0.3 is 9.42 Å². The molecule has 1 aromatic heterocycles. The first-order valence-electron chi connectivity index (χ1n) is 8.95. The zero-order chi connectivity index (χ0) is 20.5. The van der Waals surface area contributed by atoms with Crippen molar-refractivity contribution in [3.63, 3.8) is 0 Å². The Hall–Kier alpha value is -2.87. The molecule has 0 N–H and O–H groups in total. The predicted molar refractivity (Wildman–Crippen MR) is 98.9 cm³/mol. The fraction of sp³-hybridized carbons (Fsp3) is 0.250. The van der Waals surface area contributed by atoms with Crippen molar-refractivity contribution in [2.75, 3.05) is 13.1 Å². The molecule has 5 nitrogen and oxygen atoms in total. The number of carbonyl (C=O) groups excluding carboxylic acids is 1. The van der Waals surface area contributed by atoms with E-state index in [1.54, 1.807) is 11.0 Å². The highest BCUT2D eigenvalue weighted by molar-refractivity contribution is 6.30. The molecule has 9 heteroatoms. The molecule has 2 heterocycles. The van der Waals surface area contributed by atoms with Crippen molar-refractivity contribution in [3.05, 3.63) is 70.3 Å². The third-order valence-electron chi connectivity index (χ3n) is 4.91. The summed E-state index contributed by atoms with van der Waals surface area (Å²) >= 11 is 5.76. The highest BCUT2D eigenvalue weighted by Gasteiger charge is 2.28. The van der Waals surface area contributed by atoms with E-state index in [1.807, 2.05) is 0 Å². The second-order valence-corrected chi connectivity index (χ2v) is 7.21. The number of piperidine rings is 1. The van der Waals surface area contributed by atoms with Gasteiger partial charge in [0.25, 0.3) is 5.91 Å². The third-order valence-corrected chi connectivity index (χ3v) is 5.15. The number of halogens is 4. The van der Waals surface area contributed by atoms with Crippen LogP contribution in [0, 0.1) is 17.5 Å². The lowest BCUT2D eigenvalue weighted by Crippen LogP contribution is -2.38. The van der Waals surface area contributed by atoms with E-state index in [-0.39, 0.29) is 33.8 Å². The molecular formula is C20H15ClF3N3O2. The monoisotopic (exact) mass is 421 g/mol. The molecule has 0 unspecified atom stereocenters. The molecule has 0 saturated carbocycles. The molecule has 4 rings (SSSR count). The molecule has 0 atom stereocenters. The molecule has 1 aliphatic rings. The van der Waals surface area contributed by atoms with E-state index in [4.69, 9.17) is 16.1 Å². The standard InChI is InChI=1S/C20H15ClF3N3O2/c21-13-2-3-14(16(23)10-13)18-25-19(29-26-18)11-5-7-27(8-6-11)20(28)12-1-4-15(22)17(24)9-12/h1-4,9-11H,5-8H2. The van der Waals surface area contributed by atoms with Crippen molar-refractivity contribution < 1.29 is 22.5 Å². The highest BCUT2D eigenvalue weighted by Crippen LogP contribution is 2.30. The number of hydrogen-bond acceptors (Lipinski definition) is 4. The normalized spacial score (nSPS) is 15.0. The Kier molecular flexibility index (Phi) is 5.27. The summed E-state index contributed by atoms with van der Waals surface area (Å²) < 4.78 is 45.8. The summed E-state index contributed by atoms with van der Waals surface area (Å²) in [5.41, 5.74) is 0.288. The van der Waals surface area contributed by atoms with Gasteiger partial charge >= 0.3 is 0 Å². The fourth-order valence-electron chi connectivity index (χ4n) is 3.32. The number of nitrogens with zero attached hydrogens (tertiary/aromatic N) is 3. The number of rotatable bonds is 3. The first-order chi connectivity index (χ1) is 13.9. The molecule has 1 fully saturated rings. The fourth-order valence-corrected chi connectivity index (χ4v) is 3.48. The van der Waals surface area contributed by atoms with Gasteiger partial charge in [0.05, 0.1) is 5.56 Å². The minimum absolute atomic E-state index is 0.0828. The van der Waals surface area contributed by atoms with Crippen molar-refractivity contribution in [1.29, 1.82) is 0 Å². The molecule has 0 spiro atoms. The summed E-state index contributed by atoms with van der Waals surface area (Å²) in [5.74, 6) is -2.54. The smallest absolute Gasteiger partial charge is 0.253 e. The summed E-state index contributed by atoms with van der Waals surface area (Å²) in [6.07, 6.45) is 1.11. The van der Waals surface area contributed by atoms with Crippen LogP contribution in [0.25, 0.3) is 11.4 Å². The second-order valence-electron chi connectivity index (χ2n) is 6.78. The van der Waals surface area contributed by atoms with Crippen molar-refractivity contribution in [2.24, 2.45) is 0 Å². The van der Waals surface area contributed by atoms with Crippen molar-refractivity contribution in [1.82, 2.24) is 15.0 Å². The molecule has 0 radical (unpaired) electrons. The van der Waals surface area contributed by atoms with Gasteiger partial charge in [-0.3, -0.25) is 4.79 Å². The summed E-state index contributed by atoms with van der Waals surface area (Å²) in [7, 11) is 0. The van der Waals surface area contributed by atoms with Crippen LogP contribution in [0.4, 0.5) is 13.2 Å². The van der Waals surface area contributed by atoms with Gasteiger partial charge in [-0.25, -0.2) is 13.2 Å². The van der Waals surface area contributed by atoms with Crippen LogP contribution in [0.1, 0.15) is 35.0 Å². The molecule has 1 amide bonds. The number of aromatic nitrogens is 2. The number of hydrogen-bond donors (Lipinski definition) is 0. The van der Waals surface area contributed by atoms with Crippen LogP contribution in [0.5, 0.6) is 0 Å². The Bertz CT molecular complexity index is 1060. The first-order valence-corrected chi connectivity index (χ1v) is 9.33. The van der Waals surface area contributed by atoms with Crippen LogP contribution in [-0.4, -0.2) is 34.0 Å². The maximum Gasteiger partial charge on any atom is 0.253 e. The zero-order valence-corrected chi connectivity index (χ0v) is 15.8. The number of carbonyl (C=O) groups is 1. The van der Waals surface area contributed by atoms with E-state index in [0.717, 1.165) is 12.1 Å². The van der Waals surface area contributed by atoms with E-state index in [2.05, 4.69) is 10.1 Å². The Morgan fingerprint density at radius 2 is 1.79 bits per heavy atom. The van der Waals surface area contributed by atoms with Gasteiger partial charge in [-0.1, -0.05) is 16.8 Å². The Balaban J connectivity index is 1.43. The van der Waals surface area contributed by atoms with E-state index in [0.29, 0.717) is 31.8 Å². The Morgan fingerprint density at radius 1 is 1.03 bits per heavy atom. The minimum atomic E-state index is -1.06. The molecule has 1 saturated heterocycles. The summed E-state index contributed by atoms with van der Waals surface area (Å²) in [6.45, 7) is 0.797. The maximum atomic E-state index is 14.0. The molecule has 1 aliphatic heterocycles. The third kappa shape index (κ3) is 3.98. The number of likely N-dealkylation sites (tertiary alicyclic amines) is 1. The second kappa shape index (κ2) is 7.87. The average molecular weight is 422 g/mol. The topological polar surface area (TPSA) is 59.2 Å². The minimum Gasteiger partial charge on any atom is -0.339 e. The van der Waals surface area contributed by atoms with Crippen LogP contribution in [-0.2, 0) is 0 Å². The summed E-state index contributed by atoms with van der Waals surface area (Å²) in [5, 5.41) is 4.12. The van der Waals surface area contributed by atoms with Crippen LogP contribution >= 0.6 is 11.6 Å². The van der Waals surface area contributed by atoms with Crippen molar-refractivity contribution in [3.8, 4) is 11.4 Å². The largest absolute Gasteiger partial charge is 0.339 e. The molecule has 150 valence electrons. The number of amides is 1. The van der Waals surface area contributed by atoms with Crippen molar-refractivity contribution >= 4 is 17.5 Å². The van der Waals surface area contributed by atoms with Gasteiger partial charge in [0.1, 0.15) is 5.82 Å². The quantitative estimate of drug-likeness (QED) is 0.608. The average Bonchev–Trinajstić information content (AvgIpc) is 3.19. The van der Waals surface area contributed by atoms with Gasteiger partial charge in [-0.05, 0) is 49.2 Å². The van der Waals surface area contributed by atoms with Gasteiger partial charge in [0, 0.05) is 29.6 Å². The van der Waals surface area contributed by atoms with Crippen LogP contribution < -0.4 is 0 Å². The van der Waals surface area contributed by atoms with E-state index in [9.17, 15) is 18.0 Å². The van der Waals surface area contributed by atoms with Crippen LogP contribution in [0.15, 0.2) is 40.9 Å². The van der Waals surface area contributed by atoms with Crippen LogP contribution in [0.3, 0.4) is 0 Å². The molecule has 0 bridgehead atoms. The first kappa shape index (κ1) is 19.4. The van der Waals surface area contributed by atoms with E-state index < -0.39 is 17.5 Å². The van der Waals surface area contributed by atoms with E-state index in [1.165, 1.54) is 18.2 Å². The van der Waals surface area contributed by atoms with Crippen molar-refractivity contribution in [2.45, 2.75) is 18.8 Å². The van der Waals surface area contributed by atoms with Gasteiger partial charge in [-0.15, -0.1) is 0 Å². The summed E-state index contributed by atoms with van der Waals surface area (Å²) in [6, 6.07) is 7.29. The SMILES string of the molecule is O=C(c1ccc(F)c(F)c1)N1CCC(c2nc(-c3ccc(Cl)cc3F)no2)CC1. The highest BCUT2D eigenvalue weighted by atomic mass is 35.5. The Morgan fingerprint density at radius 3 is 2.48 bits per heavy atom. The van der Waals surface area contributed by atoms with Gasteiger partial charge in [0.2, 0.25) is 11.7 Å². The lowest BCUT2D eigenvalue weighted by molar-refractivity contribution is 0.0704. The molecule has 2 aromatic carbocycles. The molecular weight excluding hydrogens is 407 g/mol. The van der Waals surface area contributed by atoms with Gasteiger partial charge in [0.15, 0.2) is 11.6 Å².